The van der Waals surface area contributed by atoms with E-state index in [9.17, 15) is 19.5 Å². The standard InChI is InChI=1S/C24H28N2O6/c1-2-31-21-9-4-3-7-17(21)12-14-26(24(29)30)13-6-5-8-20(27)18-10-11-22-19(15-18)25-23(28)16-32-22/h3-4,7,9-11,15H,2,5-6,8,12-14,16H2,1H3,(H,25,28)(H,29,30). The average molecular weight is 440 g/mol. The monoisotopic (exact) mass is 440 g/mol. The van der Waals surface area contributed by atoms with Crippen LogP contribution in [0.1, 0.15) is 42.1 Å². The van der Waals surface area contributed by atoms with Crippen molar-refractivity contribution in [2.45, 2.75) is 32.6 Å². The van der Waals surface area contributed by atoms with Gasteiger partial charge in [-0.2, -0.15) is 0 Å². The molecule has 0 unspecified atom stereocenters. The van der Waals surface area contributed by atoms with E-state index < -0.39 is 6.09 Å². The number of fused-ring (bicyclic) bond motifs is 1. The molecule has 0 bridgehead atoms. The lowest BCUT2D eigenvalue weighted by molar-refractivity contribution is -0.118. The van der Waals surface area contributed by atoms with Gasteiger partial charge in [0.05, 0.1) is 12.3 Å². The minimum atomic E-state index is -0.976. The van der Waals surface area contributed by atoms with Crippen molar-refractivity contribution in [2.75, 3.05) is 31.6 Å². The van der Waals surface area contributed by atoms with Gasteiger partial charge < -0.3 is 24.8 Å². The Morgan fingerprint density at radius 2 is 1.97 bits per heavy atom. The molecule has 2 N–H and O–H groups in total. The van der Waals surface area contributed by atoms with Crippen LogP contribution in [0.25, 0.3) is 0 Å². The van der Waals surface area contributed by atoms with Gasteiger partial charge >= 0.3 is 6.09 Å². The van der Waals surface area contributed by atoms with Crippen LogP contribution in [0, 0.1) is 0 Å². The van der Waals surface area contributed by atoms with Gasteiger partial charge in [0.1, 0.15) is 11.5 Å². The Bertz CT molecular complexity index is 975. The van der Waals surface area contributed by atoms with E-state index in [1.807, 2.05) is 31.2 Å². The van der Waals surface area contributed by atoms with E-state index in [1.165, 1.54) is 4.90 Å². The molecule has 0 fully saturated rings. The topological polar surface area (TPSA) is 105 Å². The molecule has 2 aromatic rings. The van der Waals surface area contributed by atoms with Crippen molar-refractivity contribution < 1.29 is 29.0 Å². The van der Waals surface area contributed by atoms with Crippen molar-refractivity contribution in [1.82, 2.24) is 4.90 Å². The number of rotatable bonds is 11. The number of para-hydroxylation sites is 1. The molecule has 0 aliphatic carbocycles. The van der Waals surface area contributed by atoms with Crippen LogP contribution in [0.4, 0.5) is 10.5 Å². The summed E-state index contributed by atoms with van der Waals surface area (Å²) in [6.07, 6.45) is 1.03. The highest BCUT2D eigenvalue weighted by atomic mass is 16.5. The summed E-state index contributed by atoms with van der Waals surface area (Å²) in [6, 6.07) is 12.6. The molecule has 8 heteroatoms. The van der Waals surface area contributed by atoms with E-state index in [4.69, 9.17) is 9.47 Å². The van der Waals surface area contributed by atoms with Crippen LogP contribution in [0.3, 0.4) is 0 Å². The molecule has 1 aliphatic rings. The maximum absolute atomic E-state index is 12.5. The molecule has 0 saturated carbocycles. The maximum Gasteiger partial charge on any atom is 0.407 e. The summed E-state index contributed by atoms with van der Waals surface area (Å²) < 4.78 is 10.9. The Labute approximate surface area is 187 Å². The number of anilines is 1. The number of ether oxygens (including phenoxy) is 2. The molecule has 0 radical (unpaired) electrons. The van der Waals surface area contributed by atoms with E-state index in [0.29, 0.717) is 62.4 Å². The van der Waals surface area contributed by atoms with Gasteiger partial charge in [0.25, 0.3) is 5.91 Å². The second-order valence-electron chi connectivity index (χ2n) is 7.49. The summed E-state index contributed by atoms with van der Waals surface area (Å²) in [4.78, 5) is 37.0. The van der Waals surface area contributed by atoms with Crippen LogP contribution >= 0.6 is 0 Å². The average Bonchev–Trinajstić information content (AvgIpc) is 2.78. The van der Waals surface area contributed by atoms with E-state index >= 15 is 0 Å². The van der Waals surface area contributed by atoms with Crippen LogP contribution in [-0.4, -0.2) is 54.1 Å². The van der Waals surface area contributed by atoms with Crippen molar-refractivity contribution >= 4 is 23.5 Å². The molecule has 0 saturated heterocycles. The Hall–Kier alpha value is -3.55. The number of carboxylic acid groups (broad SMARTS) is 1. The molecule has 0 spiro atoms. The first-order chi connectivity index (χ1) is 15.5. The predicted octanol–water partition coefficient (Wildman–Crippen LogP) is 3.99. The maximum atomic E-state index is 12.5. The highest BCUT2D eigenvalue weighted by Crippen LogP contribution is 2.29. The van der Waals surface area contributed by atoms with Crippen molar-refractivity contribution in [3.05, 3.63) is 53.6 Å². The molecular weight excluding hydrogens is 412 g/mol. The number of hydrogen-bond donors (Lipinski definition) is 2. The number of unbranched alkanes of at least 4 members (excludes halogenated alkanes) is 1. The lowest BCUT2D eigenvalue weighted by Gasteiger charge is -2.20. The number of nitrogens with one attached hydrogen (secondary N) is 1. The number of Topliss-reactive ketones (excluding diaryl/α,β-unsaturated/α-hetero) is 1. The van der Waals surface area contributed by atoms with Gasteiger partial charge in [0.15, 0.2) is 12.4 Å². The normalized spacial score (nSPS) is 12.3. The van der Waals surface area contributed by atoms with Crippen molar-refractivity contribution in [3.8, 4) is 11.5 Å². The fourth-order valence-electron chi connectivity index (χ4n) is 3.55. The second-order valence-corrected chi connectivity index (χ2v) is 7.49. The van der Waals surface area contributed by atoms with E-state index in [-0.39, 0.29) is 18.3 Å². The quantitative estimate of drug-likeness (QED) is 0.404. The van der Waals surface area contributed by atoms with Crippen LogP contribution in [-0.2, 0) is 11.2 Å². The first kappa shape index (κ1) is 23.1. The van der Waals surface area contributed by atoms with Crippen LogP contribution in [0.2, 0.25) is 0 Å². The number of ketones is 1. The minimum absolute atomic E-state index is 0.0302. The highest BCUT2D eigenvalue weighted by molar-refractivity contribution is 6.00. The molecule has 32 heavy (non-hydrogen) atoms. The van der Waals surface area contributed by atoms with Crippen LogP contribution in [0.5, 0.6) is 11.5 Å². The van der Waals surface area contributed by atoms with Gasteiger partial charge in [-0.1, -0.05) is 18.2 Å². The molecule has 170 valence electrons. The predicted molar refractivity (Wildman–Crippen MR) is 120 cm³/mol. The Kier molecular flexibility index (Phi) is 8.08. The lowest BCUT2D eigenvalue weighted by Crippen LogP contribution is -2.32. The largest absolute Gasteiger partial charge is 0.494 e. The van der Waals surface area contributed by atoms with Crippen molar-refractivity contribution in [2.24, 2.45) is 0 Å². The molecular formula is C24H28N2O6. The summed E-state index contributed by atoms with van der Waals surface area (Å²) in [5, 5.41) is 12.2. The van der Waals surface area contributed by atoms with Gasteiger partial charge in [0, 0.05) is 25.1 Å². The molecule has 0 aromatic heterocycles. The van der Waals surface area contributed by atoms with Gasteiger partial charge in [-0.3, -0.25) is 9.59 Å². The third-order valence-corrected chi connectivity index (χ3v) is 5.21. The van der Waals surface area contributed by atoms with Gasteiger partial charge in [-0.05, 0) is 56.0 Å². The zero-order chi connectivity index (χ0) is 22.9. The fourth-order valence-corrected chi connectivity index (χ4v) is 3.55. The highest BCUT2D eigenvalue weighted by Gasteiger charge is 2.18. The Morgan fingerprint density at radius 3 is 2.75 bits per heavy atom. The lowest BCUT2D eigenvalue weighted by atomic mass is 10.0. The SMILES string of the molecule is CCOc1ccccc1CCN(CCCCC(=O)c1ccc2c(c1)NC(=O)CO2)C(=O)O. The van der Waals surface area contributed by atoms with Crippen molar-refractivity contribution in [3.63, 3.8) is 0 Å². The van der Waals surface area contributed by atoms with E-state index in [2.05, 4.69) is 5.32 Å². The number of hydrogen-bond acceptors (Lipinski definition) is 5. The third kappa shape index (κ3) is 6.23. The number of carbonyl (C=O) groups is 3. The molecule has 2 aromatic carbocycles. The molecule has 1 aliphatic heterocycles. The van der Waals surface area contributed by atoms with Crippen molar-refractivity contribution in [1.29, 1.82) is 0 Å². The number of amides is 2. The molecule has 2 amide bonds. The zero-order valence-electron chi connectivity index (χ0n) is 18.1. The summed E-state index contributed by atoms with van der Waals surface area (Å²) >= 11 is 0. The number of nitrogens with zero attached hydrogens (tertiary/aromatic N) is 1. The first-order valence-corrected chi connectivity index (χ1v) is 10.8. The smallest absolute Gasteiger partial charge is 0.407 e. The molecule has 1 heterocycles. The van der Waals surface area contributed by atoms with Gasteiger partial charge in [-0.25, -0.2) is 4.79 Å². The Morgan fingerprint density at radius 1 is 1.16 bits per heavy atom. The van der Waals surface area contributed by atoms with Crippen LogP contribution < -0.4 is 14.8 Å². The number of carbonyl (C=O) groups excluding carboxylic acids is 2. The fraction of sp³-hybridized carbons (Fsp3) is 0.375. The van der Waals surface area contributed by atoms with Gasteiger partial charge in [-0.15, -0.1) is 0 Å². The van der Waals surface area contributed by atoms with E-state index in [1.54, 1.807) is 18.2 Å². The summed E-state index contributed by atoms with van der Waals surface area (Å²) in [5.74, 6) is 1.02. The summed E-state index contributed by atoms with van der Waals surface area (Å²) in [5.41, 5.74) is 1.97. The van der Waals surface area contributed by atoms with E-state index in [0.717, 1.165) is 11.3 Å². The minimum Gasteiger partial charge on any atom is -0.494 e. The second kappa shape index (κ2) is 11.2. The zero-order valence-corrected chi connectivity index (χ0v) is 18.1. The molecule has 0 atom stereocenters. The summed E-state index contributed by atoms with van der Waals surface area (Å²) in [6.45, 7) is 3.15. The summed E-state index contributed by atoms with van der Waals surface area (Å²) in [7, 11) is 0. The van der Waals surface area contributed by atoms with Crippen LogP contribution in [0.15, 0.2) is 42.5 Å². The number of benzene rings is 2. The molecule has 8 nitrogen and oxygen atoms in total. The first-order valence-electron chi connectivity index (χ1n) is 10.8. The molecule has 3 rings (SSSR count). The van der Waals surface area contributed by atoms with Gasteiger partial charge in [0.2, 0.25) is 0 Å². The Balaban J connectivity index is 1.47. The third-order valence-electron chi connectivity index (χ3n) is 5.21.